The molecule has 1 N–H and O–H groups in total. The number of hydrogen-bond acceptors (Lipinski definition) is 4. The van der Waals surface area contributed by atoms with Crippen molar-refractivity contribution in [3.63, 3.8) is 0 Å². The van der Waals surface area contributed by atoms with Crippen LogP contribution in [-0.4, -0.2) is 32.3 Å². The van der Waals surface area contributed by atoms with E-state index in [0.29, 0.717) is 5.92 Å². The van der Waals surface area contributed by atoms with Crippen LogP contribution < -0.4 is 0 Å². The number of aliphatic hydroxyl groups excluding tert-OH is 1. The molecule has 0 bridgehead atoms. The maximum absolute atomic E-state index is 10.5. The van der Waals surface area contributed by atoms with Gasteiger partial charge in [0, 0.05) is 12.5 Å². The molecular formula is C12H21N3O2. The molecule has 0 radical (unpaired) electrons. The van der Waals surface area contributed by atoms with E-state index in [0.717, 1.165) is 12.2 Å². The molecular weight excluding hydrogens is 218 g/mol. The summed E-state index contributed by atoms with van der Waals surface area (Å²) in [6.07, 6.45) is 1.35. The maximum atomic E-state index is 10.5. The number of aromatic nitrogens is 3. The predicted molar refractivity (Wildman–Crippen MR) is 63.3 cm³/mol. The first-order valence-electron chi connectivity index (χ1n) is 6.28. The molecule has 1 fully saturated rings. The van der Waals surface area contributed by atoms with Gasteiger partial charge in [0.1, 0.15) is 6.10 Å². The summed E-state index contributed by atoms with van der Waals surface area (Å²) in [6.45, 7) is 8.92. The Balaban J connectivity index is 2.22. The predicted octanol–water partition coefficient (Wildman–Crippen LogP) is 1.39. The topological polar surface area (TPSA) is 60.2 Å². The molecule has 1 saturated heterocycles. The zero-order valence-corrected chi connectivity index (χ0v) is 10.9. The third kappa shape index (κ3) is 2.09. The molecule has 1 aliphatic rings. The van der Waals surface area contributed by atoms with Crippen molar-refractivity contribution in [3.05, 3.63) is 11.9 Å². The molecule has 1 aliphatic heterocycles. The van der Waals surface area contributed by atoms with Crippen molar-refractivity contribution in [2.24, 2.45) is 11.8 Å². The quantitative estimate of drug-likeness (QED) is 0.866. The van der Waals surface area contributed by atoms with E-state index in [1.165, 1.54) is 0 Å². The summed E-state index contributed by atoms with van der Waals surface area (Å²) in [4.78, 5) is 0. The average molecular weight is 239 g/mol. The van der Waals surface area contributed by atoms with Crippen molar-refractivity contribution >= 4 is 0 Å². The first-order valence-corrected chi connectivity index (χ1v) is 6.28. The molecule has 0 aliphatic carbocycles. The van der Waals surface area contributed by atoms with Crippen molar-refractivity contribution in [1.29, 1.82) is 0 Å². The molecule has 5 unspecified atom stereocenters. The number of aryl methyl sites for hydroxylation is 1. The van der Waals surface area contributed by atoms with Crippen molar-refractivity contribution in [1.82, 2.24) is 15.0 Å². The van der Waals surface area contributed by atoms with Gasteiger partial charge < -0.3 is 9.84 Å². The lowest BCUT2D eigenvalue weighted by atomic mass is 9.84. The lowest BCUT2D eigenvalue weighted by molar-refractivity contribution is 0.0203. The lowest BCUT2D eigenvalue weighted by Crippen LogP contribution is -2.26. The number of aliphatic hydroxyl groups is 1. The van der Waals surface area contributed by atoms with Crippen LogP contribution in [0.1, 0.15) is 39.5 Å². The van der Waals surface area contributed by atoms with E-state index in [1.807, 2.05) is 13.8 Å². The van der Waals surface area contributed by atoms with E-state index in [9.17, 15) is 5.11 Å². The Labute approximate surface area is 102 Å². The van der Waals surface area contributed by atoms with Gasteiger partial charge in [0.25, 0.3) is 0 Å². The lowest BCUT2D eigenvalue weighted by Gasteiger charge is -2.24. The van der Waals surface area contributed by atoms with E-state index in [4.69, 9.17) is 4.74 Å². The average Bonchev–Trinajstić information content (AvgIpc) is 2.84. The Morgan fingerprint density at radius 3 is 2.65 bits per heavy atom. The van der Waals surface area contributed by atoms with Gasteiger partial charge in [0.05, 0.1) is 24.1 Å². The fourth-order valence-electron chi connectivity index (χ4n) is 2.78. The number of nitrogens with zero attached hydrogens (tertiary/aromatic N) is 3. The third-order valence-corrected chi connectivity index (χ3v) is 3.93. The van der Waals surface area contributed by atoms with Crippen molar-refractivity contribution < 1.29 is 9.84 Å². The van der Waals surface area contributed by atoms with Crippen LogP contribution in [0, 0.1) is 11.8 Å². The van der Waals surface area contributed by atoms with Crippen LogP contribution in [-0.2, 0) is 11.3 Å². The van der Waals surface area contributed by atoms with E-state index in [-0.39, 0.29) is 18.1 Å². The molecule has 1 aromatic rings. The number of ether oxygens (including phenoxy) is 1. The highest BCUT2D eigenvalue weighted by Gasteiger charge is 2.42. The van der Waals surface area contributed by atoms with Gasteiger partial charge in [-0.3, -0.25) is 0 Å². The van der Waals surface area contributed by atoms with E-state index in [2.05, 4.69) is 24.2 Å². The molecule has 17 heavy (non-hydrogen) atoms. The first kappa shape index (κ1) is 12.5. The second-order valence-electron chi connectivity index (χ2n) is 4.90. The van der Waals surface area contributed by atoms with Crippen LogP contribution in [0.15, 0.2) is 6.20 Å². The first-order chi connectivity index (χ1) is 8.06. The van der Waals surface area contributed by atoms with Gasteiger partial charge >= 0.3 is 0 Å². The summed E-state index contributed by atoms with van der Waals surface area (Å²) in [6, 6.07) is 0. The molecule has 0 spiro atoms. The summed E-state index contributed by atoms with van der Waals surface area (Å²) < 4.78 is 7.51. The van der Waals surface area contributed by atoms with Gasteiger partial charge in [-0.2, -0.15) is 0 Å². The SMILES string of the molecule is CCn1nncc1C(O)C1C(C)OC(C)C1C. The smallest absolute Gasteiger partial charge is 0.103 e. The van der Waals surface area contributed by atoms with E-state index >= 15 is 0 Å². The molecule has 5 nitrogen and oxygen atoms in total. The van der Waals surface area contributed by atoms with Crippen LogP contribution in [0.2, 0.25) is 0 Å². The highest BCUT2D eigenvalue weighted by Crippen LogP contribution is 2.40. The van der Waals surface area contributed by atoms with Crippen molar-refractivity contribution in [3.8, 4) is 0 Å². The van der Waals surface area contributed by atoms with Crippen molar-refractivity contribution in [2.75, 3.05) is 0 Å². The summed E-state index contributed by atoms with van der Waals surface area (Å²) >= 11 is 0. The standard InChI is InChI=1S/C12H21N3O2/c1-5-15-10(6-13-14-15)12(16)11-7(2)8(3)17-9(11)4/h6-9,11-12,16H,5H2,1-4H3. The van der Waals surface area contributed by atoms with E-state index in [1.54, 1.807) is 10.9 Å². The van der Waals surface area contributed by atoms with Crippen molar-refractivity contribution in [2.45, 2.75) is 52.6 Å². The second kappa shape index (κ2) is 4.74. The van der Waals surface area contributed by atoms with Gasteiger partial charge in [0.15, 0.2) is 0 Å². The summed E-state index contributed by atoms with van der Waals surface area (Å²) in [5.74, 6) is 0.439. The zero-order chi connectivity index (χ0) is 12.6. The largest absolute Gasteiger partial charge is 0.386 e. The van der Waals surface area contributed by atoms with Crippen LogP contribution in [0.5, 0.6) is 0 Å². The van der Waals surface area contributed by atoms with Gasteiger partial charge in [-0.05, 0) is 26.7 Å². The second-order valence-corrected chi connectivity index (χ2v) is 4.90. The third-order valence-electron chi connectivity index (χ3n) is 3.93. The monoisotopic (exact) mass is 239 g/mol. The van der Waals surface area contributed by atoms with Gasteiger partial charge in [-0.25, -0.2) is 4.68 Å². The van der Waals surface area contributed by atoms with Gasteiger partial charge in [-0.15, -0.1) is 5.10 Å². The Hall–Kier alpha value is -0.940. The Morgan fingerprint density at radius 1 is 1.41 bits per heavy atom. The Morgan fingerprint density at radius 2 is 2.12 bits per heavy atom. The Bertz CT molecular complexity index is 380. The zero-order valence-electron chi connectivity index (χ0n) is 10.9. The number of hydrogen-bond donors (Lipinski definition) is 1. The molecule has 0 amide bonds. The van der Waals surface area contributed by atoms with Crippen LogP contribution in [0.4, 0.5) is 0 Å². The molecule has 96 valence electrons. The minimum atomic E-state index is -0.556. The van der Waals surface area contributed by atoms with Crippen LogP contribution in [0.25, 0.3) is 0 Å². The number of rotatable bonds is 3. The minimum absolute atomic E-state index is 0.0650. The van der Waals surface area contributed by atoms with Crippen LogP contribution >= 0.6 is 0 Å². The summed E-state index contributed by atoms with van der Waals surface area (Å²) in [7, 11) is 0. The molecule has 5 heteroatoms. The molecule has 0 aromatic carbocycles. The molecule has 5 atom stereocenters. The van der Waals surface area contributed by atoms with Gasteiger partial charge in [0.2, 0.25) is 0 Å². The Kier molecular flexibility index (Phi) is 3.49. The normalized spacial score (nSPS) is 35.1. The van der Waals surface area contributed by atoms with Crippen LogP contribution in [0.3, 0.4) is 0 Å². The summed E-state index contributed by atoms with van der Waals surface area (Å²) in [5.41, 5.74) is 0.786. The molecule has 2 rings (SSSR count). The van der Waals surface area contributed by atoms with Gasteiger partial charge in [-0.1, -0.05) is 12.1 Å². The molecule has 0 saturated carbocycles. The maximum Gasteiger partial charge on any atom is 0.103 e. The molecule has 2 heterocycles. The highest BCUT2D eigenvalue weighted by atomic mass is 16.5. The highest BCUT2D eigenvalue weighted by molar-refractivity contribution is 5.04. The fourth-order valence-corrected chi connectivity index (χ4v) is 2.78. The fraction of sp³-hybridized carbons (Fsp3) is 0.833. The molecule has 1 aromatic heterocycles. The minimum Gasteiger partial charge on any atom is -0.386 e. The summed E-state index contributed by atoms with van der Waals surface area (Å²) in [5, 5.41) is 18.3. The van der Waals surface area contributed by atoms with E-state index < -0.39 is 6.10 Å².